The number of carboxylic acids is 1. The summed E-state index contributed by atoms with van der Waals surface area (Å²) in [6.07, 6.45) is 1.65. The van der Waals surface area contributed by atoms with Gasteiger partial charge < -0.3 is 5.11 Å². The van der Waals surface area contributed by atoms with Crippen molar-refractivity contribution in [2.24, 2.45) is 18.4 Å². The molecule has 0 amide bonds. The molecule has 2 atom stereocenters. The van der Waals surface area contributed by atoms with Crippen molar-refractivity contribution >= 4 is 5.97 Å². The highest BCUT2D eigenvalue weighted by Crippen LogP contribution is 2.64. The summed E-state index contributed by atoms with van der Waals surface area (Å²) in [7, 11) is 1.79. The van der Waals surface area contributed by atoms with E-state index in [1.165, 1.54) is 0 Å². The van der Waals surface area contributed by atoms with Crippen LogP contribution in [0, 0.1) is 11.3 Å². The van der Waals surface area contributed by atoms with Crippen molar-refractivity contribution in [3.63, 3.8) is 0 Å². The third-order valence-corrected chi connectivity index (χ3v) is 3.16. The first-order valence-electron chi connectivity index (χ1n) is 4.53. The molecule has 0 aliphatic heterocycles. The van der Waals surface area contributed by atoms with Gasteiger partial charge in [0.1, 0.15) is 0 Å². The normalized spacial score (nSPS) is 28.8. The van der Waals surface area contributed by atoms with E-state index in [-0.39, 0.29) is 17.3 Å². The maximum Gasteiger partial charge on any atom is 0.307 e. The van der Waals surface area contributed by atoms with Crippen LogP contribution in [0.25, 0.3) is 0 Å². The topological polar surface area (TPSA) is 68.0 Å². The Balaban J connectivity index is 2.32. The predicted octanol–water partition coefficient (Wildman–Crippen LogP) is 0.639. The standard InChI is InChI=1S/C9H13N3O2/c1-9(2)6(7(9)8(13)14)5-4-10-11-12(5)3/h4,6-7H,1-3H3,(H,13,14)/t6-,7+/m1/s1. The van der Waals surface area contributed by atoms with Crippen LogP contribution in [0.2, 0.25) is 0 Å². The van der Waals surface area contributed by atoms with Crippen LogP contribution in [-0.4, -0.2) is 26.1 Å². The lowest BCUT2D eigenvalue weighted by molar-refractivity contribution is -0.139. The van der Waals surface area contributed by atoms with E-state index in [9.17, 15) is 4.79 Å². The molecule has 0 aromatic carbocycles. The smallest absolute Gasteiger partial charge is 0.307 e. The van der Waals surface area contributed by atoms with Crippen LogP contribution in [0.5, 0.6) is 0 Å². The van der Waals surface area contributed by atoms with E-state index < -0.39 is 5.97 Å². The first-order chi connectivity index (χ1) is 6.46. The van der Waals surface area contributed by atoms with E-state index in [4.69, 9.17) is 5.11 Å². The Labute approximate surface area is 81.7 Å². The van der Waals surface area contributed by atoms with Crippen LogP contribution >= 0.6 is 0 Å². The Morgan fingerprint density at radius 2 is 2.29 bits per heavy atom. The molecule has 1 aliphatic carbocycles. The van der Waals surface area contributed by atoms with E-state index in [1.807, 2.05) is 13.8 Å². The van der Waals surface area contributed by atoms with E-state index in [0.29, 0.717) is 0 Å². The second-order valence-corrected chi connectivity index (χ2v) is 4.40. The summed E-state index contributed by atoms with van der Waals surface area (Å²) in [6.45, 7) is 3.92. The number of nitrogens with zero attached hydrogens (tertiary/aromatic N) is 3. The van der Waals surface area contributed by atoms with Crippen LogP contribution < -0.4 is 0 Å². The van der Waals surface area contributed by atoms with Crippen molar-refractivity contribution in [2.75, 3.05) is 0 Å². The lowest BCUT2D eigenvalue weighted by Gasteiger charge is -2.00. The third kappa shape index (κ3) is 1.05. The van der Waals surface area contributed by atoms with Gasteiger partial charge in [-0.3, -0.25) is 9.48 Å². The van der Waals surface area contributed by atoms with E-state index in [1.54, 1.807) is 17.9 Å². The Morgan fingerprint density at radius 3 is 2.64 bits per heavy atom. The summed E-state index contributed by atoms with van der Waals surface area (Å²) < 4.78 is 1.65. The van der Waals surface area contributed by atoms with Crippen LogP contribution in [0.15, 0.2) is 6.20 Å². The van der Waals surface area contributed by atoms with Gasteiger partial charge in [-0.2, -0.15) is 0 Å². The molecule has 1 saturated carbocycles. The summed E-state index contributed by atoms with van der Waals surface area (Å²) in [5.74, 6) is -0.999. The third-order valence-electron chi connectivity index (χ3n) is 3.16. The molecule has 76 valence electrons. The van der Waals surface area contributed by atoms with Crippen molar-refractivity contribution in [2.45, 2.75) is 19.8 Å². The summed E-state index contributed by atoms with van der Waals surface area (Å²) in [4.78, 5) is 10.9. The summed E-state index contributed by atoms with van der Waals surface area (Å²) in [5, 5.41) is 16.6. The number of aliphatic carboxylic acids is 1. The second-order valence-electron chi connectivity index (χ2n) is 4.40. The first-order valence-corrected chi connectivity index (χ1v) is 4.53. The monoisotopic (exact) mass is 195 g/mol. The number of rotatable bonds is 2. The Bertz CT molecular complexity index is 383. The lowest BCUT2D eigenvalue weighted by Crippen LogP contribution is -2.03. The van der Waals surface area contributed by atoms with Gasteiger partial charge in [-0.05, 0) is 5.41 Å². The molecule has 1 aromatic rings. The molecular formula is C9H13N3O2. The first kappa shape index (κ1) is 9.18. The minimum atomic E-state index is -0.735. The average molecular weight is 195 g/mol. The van der Waals surface area contributed by atoms with Crippen LogP contribution in [-0.2, 0) is 11.8 Å². The maximum absolute atomic E-state index is 10.9. The highest BCUT2D eigenvalue weighted by Gasteiger charge is 2.63. The number of carboxylic acid groups (broad SMARTS) is 1. The molecule has 5 nitrogen and oxygen atoms in total. The predicted molar refractivity (Wildman–Crippen MR) is 48.7 cm³/mol. The molecule has 0 saturated heterocycles. The molecule has 5 heteroatoms. The zero-order valence-corrected chi connectivity index (χ0v) is 8.43. The number of aromatic nitrogens is 3. The second kappa shape index (κ2) is 2.56. The molecule has 0 spiro atoms. The van der Waals surface area contributed by atoms with Crippen molar-refractivity contribution in [3.8, 4) is 0 Å². The molecule has 0 bridgehead atoms. The summed E-state index contributed by atoms with van der Waals surface area (Å²) in [5.41, 5.74) is 0.726. The minimum absolute atomic E-state index is 0.0417. The van der Waals surface area contributed by atoms with Gasteiger partial charge in [0.15, 0.2) is 0 Å². The molecule has 14 heavy (non-hydrogen) atoms. The lowest BCUT2D eigenvalue weighted by atomic mass is 10.1. The van der Waals surface area contributed by atoms with Crippen LogP contribution in [0.1, 0.15) is 25.5 Å². The Kier molecular flexibility index (Phi) is 1.68. The van der Waals surface area contributed by atoms with Gasteiger partial charge in [-0.1, -0.05) is 19.1 Å². The fraction of sp³-hybridized carbons (Fsp3) is 0.667. The van der Waals surface area contributed by atoms with Gasteiger partial charge in [0, 0.05) is 13.0 Å². The quantitative estimate of drug-likeness (QED) is 0.751. The molecule has 0 unspecified atom stereocenters. The SMILES string of the molecule is Cn1nncc1[C@@H]1[C@@H](C(=O)O)C1(C)C. The summed E-state index contributed by atoms with van der Waals surface area (Å²) >= 11 is 0. The van der Waals surface area contributed by atoms with Gasteiger partial charge >= 0.3 is 5.97 Å². The highest BCUT2D eigenvalue weighted by atomic mass is 16.4. The van der Waals surface area contributed by atoms with Gasteiger partial charge in [0.2, 0.25) is 0 Å². The molecule has 1 aromatic heterocycles. The fourth-order valence-electron chi connectivity index (χ4n) is 2.23. The Morgan fingerprint density at radius 1 is 1.64 bits per heavy atom. The molecule has 2 rings (SSSR count). The molecule has 1 aliphatic rings. The Hall–Kier alpha value is -1.39. The van der Waals surface area contributed by atoms with Gasteiger partial charge in [0.25, 0.3) is 0 Å². The van der Waals surface area contributed by atoms with Crippen LogP contribution in [0.4, 0.5) is 0 Å². The number of aryl methyl sites for hydroxylation is 1. The number of hydrogen-bond donors (Lipinski definition) is 1. The van der Waals surface area contributed by atoms with Crippen molar-refractivity contribution < 1.29 is 9.90 Å². The molecule has 1 fully saturated rings. The molecular weight excluding hydrogens is 182 g/mol. The largest absolute Gasteiger partial charge is 0.481 e. The van der Waals surface area contributed by atoms with E-state index in [0.717, 1.165) is 5.69 Å². The summed E-state index contributed by atoms with van der Waals surface area (Å²) in [6, 6.07) is 0. The van der Waals surface area contributed by atoms with Gasteiger partial charge in [-0.15, -0.1) is 5.10 Å². The molecule has 0 radical (unpaired) electrons. The minimum Gasteiger partial charge on any atom is -0.481 e. The van der Waals surface area contributed by atoms with Crippen molar-refractivity contribution in [1.82, 2.24) is 15.0 Å². The van der Waals surface area contributed by atoms with E-state index >= 15 is 0 Å². The van der Waals surface area contributed by atoms with Crippen molar-refractivity contribution in [3.05, 3.63) is 11.9 Å². The average Bonchev–Trinajstić information content (AvgIpc) is 2.42. The zero-order chi connectivity index (χ0) is 10.5. The van der Waals surface area contributed by atoms with Crippen LogP contribution in [0.3, 0.4) is 0 Å². The highest BCUT2D eigenvalue weighted by molar-refractivity contribution is 5.77. The van der Waals surface area contributed by atoms with Gasteiger partial charge in [0.05, 0.1) is 17.8 Å². The molecule has 1 heterocycles. The number of hydrogen-bond acceptors (Lipinski definition) is 3. The van der Waals surface area contributed by atoms with Gasteiger partial charge in [-0.25, -0.2) is 0 Å². The maximum atomic E-state index is 10.9. The van der Waals surface area contributed by atoms with E-state index in [2.05, 4.69) is 10.3 Å². The van der Waals surface area contributed by atoms with Crippen molar-refractivity contribution in [1.29, 1.82) is 0 Å². The molecule has 1 N–H and O–H groups in total. The fourth-order valence-corrected chi connectivity index (χ4v) is 2.23. The number of carbonyl (C=O) groups is 1. The zero-order valence-electron chi connectivity index (χ0n) is 8.43.